The maximum atomic E-state index is 13.1. The van der Waals surface area contributed by atoms with Crippen molar-refractivity contribution in [2.24, 2.45) is 0 Å². The highest BCUT2D eigenvalue weighted by molar-refractivity contribution is 7.12. The summed E-state index contributed by atoms with van der Waals surface area (Å²) in [5.41, 5.74) is 0.756. The lowest BCUT2D eigenvalue weighted by Crippen LogP contribution is -2.46. The van der Waals surface area contributed by atoms with Gasteiger partial charge in [0.1, 0.15) is 11.8 Å². The Morgan fingerprint density at radius 3 is 2.37 bits per heavy atom. The summed E-state index contributed by atoms with van der Waals surface area (Å²) >= 11 is 2.94. The van der Waals surface area contributed by atoms with E-state index in [1.807, 2.05) is 53.2 Å². The Kier molecular flexibility index (Phi) is 6.26. The molecule has 7 heteroatoms. The maximum Gasteiger partial charge on any atom is 0.261 e. The molecule has 0 spiro atoms. The van der Waals surface area contributed by atoms with E-state index in [0.29, 0.717) is 11.4 Å². The summed E-state index contributed by atoms with van der Waals surface area (Å²) in [4.78, 5) is 28.7. The molecule has 1 aromatic carbocycles. The number of methoxy groups -OCH3 is 1. The van der Waals surface area contributed by atoms with Crippen LogP contribution in [0.1, 0.15) is 21.5 Å². The van der Waals surface area contributed by atoms with Crippen molar-refractivity contribution in [2.45, 2.75) is 19.5 Å². The van der Waals surface area contributed by atoms with Crippen LogP contribution in [0.25, 0.3) is 0 Å². The molecular weight excluding hydrogens is 380 g/mol. The van der Waals surface area contributed by atoms with Crippen LogP contribution >= 0.6 is 22.7 Å². The molecule has 5 nitrogen and oxygen atoms in total. The second kappa shape index (κ2) is 8.83. The molecule has 2 aromatic heterocycles. The number of hydrogen-bond acceptors (Lipinski definition) is 5. The van der Waals surface area contributed by atoms with E-state index in [4.69, 9.17) is 4.74 Å². The van der Waals surface area contributed by atoms with Crippen molar-refractivity contribution in [3.63, 3.8) is 0 Å². The fourth-order valence-corrected chi connectivity index (χ4v) is 3.91. The van der Waals surface area contributed by atoms with Crippen LogP contribution in [-0.2, 0) is 11.3 Å². The molecule has 0 saturated carbocycles. The smallest absolute Gasteiger partial charge is 0.261 e. The molecule has 1 N–H and O–H groups in total. The van der Waals surface area contributed by atoms with Gasteiger partial charge in [0, 0.05) is 10.6 Å². The Morgan fingerprint density at radius 2 is 1.78 bits per heavy atom. The number of carbonyl (C=O) groups is 2. The van der Waals surface area contributed by atoms with E-state index in [1.165, 1.54) is 11.3 Å². The quantitative estimate of drug-likeness (QED) is 0.648. The second-order valence-corrected chi connectivity index (χ2v) is 7.85. The van der Waals surface area contributed by atoms with Gasteiger partial charge >= 0.3 is 0 Å². The first-order valence-electron chi connectivity index (χ1n) is 8.40. The third-order valence-corrected chi connectivity index (χ3v) is 5.74. The Morgan fingerprint density at radius 1 is 1.07 bits per heavy atom. The second-order valence-electron chi connectivity index (χ2n) is 5.87. The molecule has 1 atom stereocenters. The third-order valence-electron chi connectivity index (χ3n) is 4.01. The van der Waals surface area contributed by atoms with Gasteiger partial charge in [0.15, 0.2) is 0 Å². The van der Waals surface area contributed by atoms with E-state index in [-0.39, 0.29) is 11.8 Å². The number of anilines is 1. The van der Waals surface area contributed by atoms with Crippen LogP contribution in [0.4, 0.5) is 5.69 Å². The Bertz CT molecular complexity index is 875. The minimum absolute atomic E-state index is 0.168. The molecule has 0 aliphatic carbocycles. The van der Waals surface area contributed by atoms with Gasteiger partial charge in [-0.2, -0.15) is 0 Å². The van der Waals surface area contributed by atoms with Gasteiger partial charge in [-0.3, -0.25) is 9.59 Å². The van der Waals surface area contributed by atoms with Crippen LogP contribution in [0.15, 0.2) is 59.3 Å². The van der Waals surface area contributed by atoms with Gasteiger partial charge in [-0.05, 0) is 54.1 Å². The van der Waals surface area contributed by atoms with Gasteiger partial charge < -0.3 is 15.0 Å². The van der Waals surface area contributed by atoms with Crippen molar-refractivity contribution >= 4 is 40.2 Å². The van der Waals surface area contributed by atoms with E-state index in [9.17, 15) is 9.59 Å². The molecule has 3 aromatic rings. The third kappa shape index (κ3) is 4.75. The molecule has 0 bridgehead atoms. The maximum absolute atomic E-state index is 13.1. The summed E-state index contributed by atoms with van der Waals surface area (Å²) in [5.74, 6) is 0.316. The number of thiophene rings is 2. The van der Waals surface area contributed by atoms with Crippen LogP contribution in [0.2, 0.25) is 0 Å². The van der Waals surface area contributed by atoms with Gasteiger partial charge in [0.05, 0.1) is 18.5 Å². The standard InChI is InChI=1S/C20H20N2O3S2/c1-14(21-19(23)18-6-4-12-27-18)20(24)22(13-17-5-3-11-26-17)15-7-9-16(25-2)10-8-15/h3-12,14H,13H2,1-2H3,(H,21,23). The molecular formula is C20H20N2O3S2. The molecule has 2 amide bonds. The molecule has 140 valence electrons. The highest BCUT2D eigenvalue weighted by Gasteiger charge is 2.24. The number of nitrogens with one attached hydrogen (secondary N) is 1. The zero-order chi connectivity index (χ0) is 19.2. The zero-order valence-corrected chi connectivity index (χ0v) is 16.7. The number of carbonyl (C=O) groups excluding carboxylic acids is 2. The average molecular weight is 401 g/mol. The van der Waals surface area contributed by atoms with E-state index < -0.39 is 6.04 Å². The summed E-state index contributed by atoms with van der Waals surface area (Å²) in [6.45, 7) is 2.15. The largest absolute Gasteiger partial charge is 0.497 e. The van der Waals surface area contributed by atoms with Crippen LogP contribution in [0.3, 0.4) is 0 Å². The normalized spacial score (nSPS) is 11.6. The Balaban J connectivity index is 1.79. The van der Waals surface area contributed by atoms with Gasteiger partial charge in [0.2, 0.25) is 5.91 Å². The minimum Gasteiger partial charge on any atom is -0.497 e. The highest BCUT2D eigenvalue weighted by Crippen LogP contribution is 2.23. The minimum atomic E-state index is -0.651. The van der Waals surface area contributed by atoms with Gasteiger partial charge in [-0.15, -0.1) is 22.7 Å². The van der Waals surface area contributed by atoms with Crippen LogP contribution in [0.5, 0.6) is 5.75 Å². The van der Waals surface area contributed by atoms with Crippen LogP contribution in [-0.4, -0.2) is 25.0 Å². The average Bonchev–Trinajstić information content (AvgIpc) is 3.39. The molecule has 0 radical (unpaired) electrons. The summed E-state index contributed by atoms with van der Waals surface area (Å²) < 4.78 is 5.20. The predicted octanol–water partition coefficient (Wildman–Crippen LogP) is 4.17. The van der Waals surface area contributed by atoms with Crippen molar-refractivity contribution in [3.8, 4) is 5.75 Å². The van der Waals surface area contributed by atoms with E-state index in [1.54, 1.807) is 36.3 Å². The SMILES string of the molecule is COc1ccc(N(Cc2cccs2)C(=O)C(C)NC(=O)c2cccs2)cc1. The fourth-order valence-electron chi connectivity index (χ4n) is 2.59. The van der Waals surface area contributed by atoms with Crippen LogP contribution < -0.4 is 15.0 Å². The highest BCUT2D eigenvalue weighted by atomic mass is 32.1. The van der Waals surface area contributed by atoms with Crippen molar-refractivity contribution in [2.75, 3.05) is 12.0 Å². The Hall–Kier alpha value is -2.64. The molecule has 2 heterocycles. The zero-order valence-electron chi connectivity index (χ0n) is 15.0. The van der Waals surface area contributed by atoms with Crippen molar-refractivity contribution in [1.29, 1.82) is 0 Å². The molecule has 0 fully saturated rings. The molecule has 1 unspecified atom stereocenters. The number of amides is 2. The summed E-state index contributed by atoms with van der Waals surface area (Å²) in [6.07, 6.45) is 0. The van der Waals surface area contributed by atoms with Crippen molar-refractivity contribution in [1.82, 2.24) is 5.32 Å². The lowest BCUT2D eigenvalue weighted by Gasteiger charge is -2.26. The molecule has 0 aliphatic heterocycles. The lowest BCUT2D eigenvalue weighted by molar-refractivity contribution is -0.120. The van der Waals surface area contributed by atoms with Crippen molar-refractivity contribution in [3.05, 3.63) is 69.0 Å². The number of ether oxygens (including phenoxy) is 1. The first kappa shape index (κ1) is 19.1. The molecule has 0 saturated heterocycles. The topological polar surface area (TPSA) is 58.6 Å². The van der Waals surface area contributed by atoms with Gasteiger partial charge in [-0.1, -0.05) is 12.1 Å². The van der Waals surface area contributed by atoms with E-state index in [0.717, 1.165) is 16.3 Å². The summed E-state index contributed by atoms with van der Waals surface area (Å²) in [5, 5.41) is 6.61. The fraction of sp³-hybridized carbons (Fsp3) is 0.200. The number of benzene rings is 1. The van der Waals surface area contributed by atoms with E-state index >= 15 is 0 Å². The van der Waals surface area contributed by atoms with Crippen LogP contribution in [0, 0.1) is 0 Å². The number of rotatable bonds is 7. The Labute approximate surface area is 166 Å². The van der Waals surface area contributed by atoms with Crippen molar-refractivity contribution < 1.29 is 14.3 Å². The lowest BCUT2D eigenvalue weighted by atomic mass is 10.2. The summed E-state index contributed by atoms with van der Waals surface area (Å²) in [6, 6.07) is 14.2. The number of nitrogens with zero attached hydrogens (tertiary/aromatic N) is 1. The van der Waals surface area contributed by atoms with Gasteiger partial charge in [-0.25, -0.2) is 0 Å². The first-order chi connectivity index (χ1) is 13.1. The van der Waals surface area contributed by atoms with E-state index in [2.05, 4.69) is 5.32 Å². The van der Waals surface area contributed by atoms with Gasteiger partial charge in [0.25, 0.3) is 5.91 Å². The predicted molar refractivity (Wildman–Crippen MR) is 110 cm³/mol. The first-order valence-corrected chi connectivity index (χ1v) is 10.2. The molecule has 0 aliphatic rings. The molecule has 27 heavy (non-hydrogen) atoms. The number of hydrogen-bond donors (Lipinski definition) is 1. The summed E-state index contributed by atoms with van der Waals surface area (Å²) in [7, 11) is 1.60. The molecule has 3 rings (SSSR count). The monoisotopic (exact) mass is 400 g/mol.